The van der Waals surface area contributed by atoms with Crippen LogP contribution in [0.3, 0.4) is 0 Å². The van der Waals surface area contributed by atoms with Crippen molar-refractivity contribution in [3.05, 3.63) is 16.8 Å². The average molecular weight is 417 g/mol. The van der Waals surface area contributed by atoms with Crippen LogP contribution in [0.15, 0.2) is 0 Å². The number of nitrogen functional groups attached to an aromatic ring is 1. The van der Waals surface area contributed by atoms with Crippen molar-refractivity contribution in [1.29, 1.82) is 0 Å². The lowest BCUT2D eigenvalue weighted by Gasteiger charge is -2.43. The van der Waals surface area contributed by atoms with Gasteiger partial charge in [-0.25, -0.2) is 4.98 Å². The van der Waals surface area contributed by atoms with Crippen molar-refractivity contribution in [2.45, 2.75) is 83.5 Å². The van der Waals surface area contributed by atoms with Gasteiger partial charge >= 0.3 is 0 Å². The van der Waals surface area contributed by atoms with Crippen molar-refractivity contribution in [2.75, 3.05) is 36.9 Å². The lowest BCUT2D eigenvalue weighted by atomic mass is 9.89. The molecule has 1 aliphatic carbocycles. The number of hydrogen-bond donors (Lipinski definition) is 2. The van der Waals surface area contributed by atoms with Crippen molar-refractivity contribution >= 4 is 17.4 Å². The second kappa shape index (κ2) is 8.35. The van der Waals surface area contributed by atoms with Gasteiger partial charge in [0.25, 0.3) is 0 Å². The van der Waals surface area contributed by atoms with Crippen LogP contribution in [0.4, 0.5) is 11.5 Å². The molecule has 7 nitrogen and oxygen atoms in total. The molecule has 3 heterocycles. The number of pyridine rings is 1. The lowest BCUT2D eigenvalue weighted by Crippen LogP contribution is -2.55. The van der Waals surface area contributed by atoms with E-state index in [1.165, 1.54) is 29.7 Å². The minimum atomic E-state index is -0.222. The highest BCUT2D eigenvalue weighted by Crippen LogP contribution is 2.46. The largest absolute Gasteiger partial charge is 0.396 e. The van der Waals surface area contributed by atoms with Gasteiger partial charge in [0.1, 0.15) is 0 Å². The monoisotopic (exact) mass is 416 g/mol. The van der Waals surface area contributed by atoms with Crippen LogP contribution in [-0.2, 0) is 22.6 Å². The Hall–Kier alpha value is -1.86. The molecule has 1 saturated heterocycles. The summed E-state index contributed by atoms with van der Waals surface area (Å²) >= 11 is 0. The molecule has 1 atom stereocenters. The summed E-state index contributed by atoms with van der Waals surface area (Å²) in [6.45, 7) is 8.99. The molecule has 3 N–H and O–H groups in total. The van der Waals surface area contributed by atoms with E-state index in [9.17, 15) is 9.90 Å². The van der Waals surface area contributed by atoms with Crippen LogP contribution in [0.1, 0.15) is 75.6 Å². The van der Waals surface area contributed by atoms with Crippen LogP contribution < -0.4 is 10.6 Å². The van der Waals surface area contributed by atoms with Crippen molar-refractivity contribution in [3.8, 4) is 0 Å². The number of rotatable bonds is 6. The first-order valence-electron chi connectivity index (χ1n) is 11.4. The number of carbonyl (C=O) groups excluding carboxylic acids is 1. The van der Waals surface area contributed by atoms with Gasteiger partial charge in [-0.05, 0) is 38.7 Å². The fraction of sp³-hybridized carbons (Fsp3) is 0.739. The second-order valence-electron chi connectivity index (χ2n) is 9.64. The molecule has 7 heteroatoms. The highest BCUT2D eigenvalue weighted by atomic mass is 16.5. The van der Waals surface area contributed by atoms with E-state index in [-0.39, 0.29) is 30.6 Å². The molecule has 0 bridgehead atoms. The Bertz CT molecular complexity index is 806. The molecule has 166 valence electrons. The maximum atomic E-state index is 12.5. The standard InChI is InChI=1S/C23H36N4O3/c1-4-5-16-13-26(9-10-27(16)19(29)8-11-28)22-20(24)17-12-23(2,3)30-14-18(17)21(25-22)15-6-7-15/h15-16,28H,4-14,24H2,1-3H3/t16-/m1/s1. The third kappa shape index (κ3) is 4.14. The van der Waals surface area contributed by atoms with Crippen molar-refractivity contribution in [2.24, 2.45) is 0 Å². The van der Waals surface area contributed by atoms with Gasteiger partial charge in [0.15, 0.2) is 5.82 Å². The van der Waals surface area contributed by atoms with Crippen molar-refractivity contribution in [3.63, 3.8) is 0 Å². The van der Waals surface area contributed by atoms with E-state index >= 15 is 0 Å². The maximum Gasteiger partial charge on any atom is 0.225 e. The molecule has 1 saturated carbocycles. The number of nitrogens with two attached hydrogens (primary N) is 1. The third-order valence-electron chi connectivity index (χ3n) is 6.69. The maximum absolute atomic E-state index is 12.5. The predicted molar refractivity (Wildman–Crippen MR) is 118 cm³/mol. The van der Waals surface area contributed by atoms with Gasteiger partial charge in [0.05, 0.1) is 30.2 Å². The number of carbonyl (C=O) groups is 1. The predicted octanol–water partition coefficient (Wildman–Crippen LogP) is 2.59. The highest BCUT2D eigenvalue weighted by molar-refractivity contribution is 5.77. The van der Waals surface area contributed by atoms with E-state index in [1.807, 2.05) is 4.90 Å². The minimum Gasteiger partial charge on any atom is -0.396 e. The molecule has 2 fully saturated rings. The molecule has 1 aromatic heterocycles. The SMILES string of the molecule is CCC[C@@H]1CN(c2nc(C3CC3)c3c(c2N)CC(C)(C)OC3)CCN1C(=O)CCO. The zero-order valence-electron chi connectivity index (χ0n) is 18.6. The Morgan fingerprint density at radius 1 is 1.30 bits per heavy atom. The van der Waals surface area contributed by atoms with Crippen LogP contribution in [0.5, 0.6) is 0 Å². The van der Waals surface area contributed by atoms with Crippen molar-refractivity contribution < 1.29 is 14.6 Å². The van der Waals surface area contributed by atoms with E-state index in [2.05, 4.69) is 25.7 Å². The summed E-state index contributed by atoms with van der Waals surface area (Å²) in [7, 11) is 0. The third-order valence-corrected chi connectivity index (χ3v) is 6.69. The summed E-state index contributed by atoms with van der Waals surface area (Å²) in [5, 5.41) is 9.20. The Labute approximate surface area is 179 Å². The summed E-state index contributed by atoms with van der Waals surface area (Å²) in [5.41, 5.74) is 10.9. The number of fused-ring (bicyclic) bond motifs is 1. The summed E-state index contributed by atoms with van der Waals surface area (Å²) in [5.74, 6) is 1.46. The fourth-order valence-electron chi connectivity index (χ4n) is 4.93. The summed E-state index contributed by atoms with van der Waals surface area (Å²) in [6, 6.07) is 0.129. The molecule has 30 heavy (non-hydrogen) atoms. The first-order chi connectivity index (χ1) is 14.3. The highest BCUT2D eigenvalue weighted by Gasteiger charge is 2.38. The van der Waals surface area contributed by atoms with Crippen LogP contribution in [0, 0.1) is 0 Å². The smallest absolute Gasteiger partial charge is 0.225 e. The summed E-state index contributed by atoms with van der Waals surface area (Å²) < 4.78 is 6.09. The fourth-order valence-corrected chi connectivity index (χ4v) is 4.93. The van der Waals surface area contributed by atoms with Gasteiger partial charge in [-0.1, -0.05) is 13.3 Å². The summed E-state index contributed by atoms with van der Waals surface area (Å²) in [6.07, 6.45) is 5.32. The normalized spacial score (nSPS) is 23.4. The molecule has 4 rings (SSSR count). The first kappa shape index (κ1) is 21.4. The molecule has 1 aromatic rings. The van der Waals surface area contributed by atoms with Gasteiger partial charge < -0.3 is 25.4 Å². The number of nitrogens with zero attached hydrogens (tertiary/aromatic N) is 3. The quantitative estimate of drug-likeness (QED) is 0.741. The van der Waals surface area contributed by atoms with E-state index in [0.29, 0.717) is 19.1 Å². The zero-order chi connectivity index (χ0) is 21.5. The number of ether oxygens (including phenoxy) is 1. The number of aromatic nitrogens is 1. The Morgan fingerprint density at radius 3 is 2.73 bits per heavy atom. The number of hydrogen-bond acceptors (Lipinski definition) is 6. The van der Waals surface area contributed by atoms with E-state index in [4.69, 9.17) is 15.5 Å². The van der Waals surface area contributed by atoms with Gasteiger partial charge in [0, 0.05) is 50.0 Å². The van der Waals surface area contributed by atoms with E-state index in [1.54, 1.807) is 0 Å². The molecular weight excluding hydrogens is 380 g/mol. The lowest BCUT2D eigenvalue weighted by molar-refractivity contribution is -0.134. The van der Waals surface area contributed by atoms with Gasteiger partial charge in [-0.2, -0.15) is 0 Å². The topological polar surface area (TPSA) is 91.9 Å². The molecule has 2 aliphatic heterocycles. The molecule has 0 aromatic carbocycles. The Balaban J connectivity index is 1.65. The number of amides is 1. The number of anilines is 2. The molecule has 0 unspecified atom stereocenters. The number of aliphatic hydroxyl groups is 1. The first-order valence-corrected chi connectivity index (χ1v) is 11.4. The average Bonchev–Trinajstić information content (AvgIpc) is 3.54. The number of piperazine rings is 1. The molecule has 1 amide bonds. The van der Waals surface area contributed by atoms with E-state index < -0.39 is 0 Å². The van der Waals surface area contributed by atoms with Gasteiger partial charge in [-0.3, -0.25) is 4.79 Å². The molecule has 0 radical (unpaired) electrons. The molecule has 3 aliphatic rings. The van der Waals surface area contributed by atoms with Crippen LogP contribution in [-0.4, -0.2) is 58.8 Å². The second-order valence-corrected chi connectivity index (χ2v) is 9.64. The van der Waals surface area contributed by atoms with Gasteiger partial charge in [0.2, 0.25) is 5.91 Å². The molecule has 0 spiro atoms. The Morgan fingerprint density at radius 2 is 2.07 bits per heavy atom. The van der Waals surface area contributed by atoms with Crippen LogP contribution in [0.2, 0.25) is 0 Å². The Kier molecular flexibility index (Phi) is 5.95. The zero-order valence-corrected chi connectivity index (χ0v) is 18.6. The van der Waals surface area contributed by atoms with Crippen LogP contribution in [0.25, 0.3) is 0 Å². The van der Waals surface area contributed by atoms with Gasteiger partial charge in [-0.15, -0.1) is 0 Å². The number of aliphatic hydroxyl groups excluding tert-OH is 1. The van der Waals surface area contributed by atoms with E-state index in [0.717, 1.165) is 43.9 Å². The van der Waals surface area contributed by atoms with Crippen molar-refractivity contribution in [1.82, 2.24) is 9.88 Å². The summed E-state index contributed by atoms with van der Waals surface area (Å²) in [4.78, 5) is 21.8. The molecular formula is C23H36N4O3. The minimum absolute atomic E-state index is 0.0412. The van der Waals surface area contributed by atoms with Crippen LogP contribution >= 0.6 is 0 Å².